The van der Waals surface area contributed by atoms with Gasteiger partial charge in [-0.2, -0.15) is 0 Å². The highest BCUT2D eigenvalue weighted by atomic mass is 35.5. The number of rotatable bonds is 4. The van der Waals surface area contributed by atoms with Crippen LogP contribution < -0.4 is 11.1 Å². The molecule has 10 nitrogen and oxygen atoms in total. The zero-order valence-electron chi connectivity index (χ0n) is 16.3. The van der Waals surface area contributed by atoms with Gasteiger partial charge in [0, 0.05) is 43.0 Å². The van der Waals surface area contributed by atoms with Crippen LogP contribution in [0.15, 0.2) is 24.7 Å². The molecule has 0 aliphatic carbocycles. The van der Waals surface area contributed by atoms with Crippen LogP contribution in [-0.2, 0) is 4.74 Å². The second-order valence-corrected chi connectivity index (χ2v) is 7.60. The van der Waals surface area contributed by atoms with E-state index in [1.807, 2.05) is 0 Å². The molecule has 0 aromatic carbocycles. The fourth-order valence-corrected chi connectivity index (χ4v) is 3.73. The third-order valence-corrected chi connectivity index (χ3v) is 5.21. The van der Waals surface area contributed by atoms with E-state index in [0.717, 1.165) is 24.4 Å². The number of primary amides is 1. The minimum Gasteiger partial charge on any atom is -0.367 e. The number of halogens is 2. The molecule has 1 unspecified atom stereocenters. The molecule has 1 saturated heterocycles. The number of H-pyrrole nitrogens is 1. The second kappa shape index (κ2) is 8.72. The molecule has 1 aliphatic heterocycles. The molecule has 0 spiro atoms. The molecule has 3 aromatic heterocycles. The maximum Gasteiger partial charge on any atom is 0.418 e. The number of ether oxygens (including phenoxy) is 1. The van der Waals surface area contributed by atoms with Crippen LogP contribution in [0.1, 0.15) is 12.8 Å². The number of anilines is 1. The molecule has 1 atom stereocenters. The van der Waals surface area contributed by atoms with Gasteiger partial charge in [-0.05, 0) is 24.8 Å². The molecular formula is C19H19ClFN7O3. The summed E-state index contributed by atoms with van der Waals surface area (Å²) in [5, 5.41) is 4.18. The number of hydrogen-bond acceptors (Lipinski definition) is 7. The van der Waals surface area contributed by atoms with Gasteiger partial charge in [0.15, 0.2) is 17.5 Å². The fourth-order valence-electron chi connectivity index (χ4n) is 3.57. The summed E-state index contributed by atoms with van der Waals surface area (Å²) in [6.07, 6.45) is 3.93. The average Bonchev–Trinajstić information content (AvgIpc) is 3.16. The first-order chi connectivity index (χ1) is 14.9. The van der Waals surface area contributed by atoms with Crippen molar-refractivity contribution < 1.29 is 18.7 Å². The Morgan fingerprint density at radius 3 is 3.03 bits per heavy atom. The number of carbonyl (C=O) groups excluding carboxylic acids is 2. The van der Waals surface area contributed by atoms with Crippen LogP contribution in [0.5, 0.6) is 0 Å². The minimum absolute atomic E-state index is 0.0167. The van der Waals surface area contributed by atoms with Crippen molar-refractivity contribution in [2.24, 2.45) is 11.7 Å². The lowest BCUT2D eigenvalue weighted by molar-refractivity contribution is 0.105. The maximum absolute atomic E-state index is 14.3. The van der Waals surface area contributed by atoms with Crippen LogP contribution in [0.2, 0.25) is 5.02 Å². The predicted molar refractivity (Wildman–Crippen MR) is 111 cm³/mol. The molecule has 3 aromatic rings. The van der Waals surface area contributed by atoms with E-state index >= 15 is 0 Å². The molecule has 162 valence electrons. The van der Waals surface area contributed by atoms with Gasteiger partial charge in [-0.1, -0.05) is 11.6 Å². The quantitative estimate of drug-likeness (QED) is 0.522. The zero-order chi connectivity index (χ0) is 22.0. The lowest BCUT2D eigenvalue weighted by atomic mass is 9.98. The van der Waals surface area contributed by atoms with Crippen molar-refractivity contribution in [2.75, 3.05) is 25.0 Å². The van der Waals surface area contributed by atoms with Gasteiger partial charge in [-0.25, -0.2) is 28.9 Å². The van der Waals surface area contributed by atoms with Crippen molar-refractivity contribution in [3.05, 3.63) is 35.5 Å². The third-order valence-electron chi connectivity index (χ3n) is 5.01. The van der Waals surface area contributed by atoms with E-state index < -0.39 is 18.0 Å². The van der Waals surface area contributed by atoms with E-state index in [1.165, 1.54) is 11.1 Å². The van der Waals surface area contributed by atoms with Crippen LogP contribution >= 0.6 is 11.6 Å². The van der Waals surface area contributed by atoms with E-state index in [4.69, 9.17) is 17.3 Å². The van der Waals surface area contributed by atoms with Crippen molar-refractivity contribution in [1.29, 1.82) is 0 Å². The Morgan fingerprint density at radius 1 is 1.39 bits per heavy atom. The summed E-state index contributed by atoms with van der Waals surface area (Å²) >= 11 is 6.04. The smallest absolute Gasteiger partial charge is 0.367 e. The number of amides is 2. The topological polar surface area (TPSA) is 139 Å². The van der Waals surface area contributed by atoms with Crippen molar-refractivity contribution in [1.82, 2.24) is 24.8 Å². The number of carbonyl (C=O) groups is 2. The maximum atomic E-state index is 14.3. The summed E-state index contributed by atoms with van der Waals surface area (Å²) in [4.78, 5) is 39.7. The SMILES string of the molecule is NC(=O)OC(=O)N1CCCC(CNc2nc(-c3c[nH]c4ncc(Cl)cc34)ncc2F)C1. The Labute approximate surface area is 181 Å². The van der Waals surface area contributed by atoms with Gasteiger partial charge in [0.1, 0.15) is 5.65 Å². The van der Waals surface area contributed by atoms with Crippen molar-refractivity contribution in [3.63, 3.8) is 0 Å². The molecule has 2 amide bonds. The van der Waals surface area contributed by atoms with Crippen LogP contribution in [0.3, 0.4) is 0 Å². The van der Waals surface area contributed by atoms with Crippen LogP contribution in [0, 0.1) is 11.7 Å². The Kier molecular flexibility index (Phi) is 5.85. The van der Waals surface area contributed by atoms with Gasteiger partial charge in [0.2, 0.25) is 0 Å². The number of fused-ring (bicyclic) bond motifs is 1. The first-order valence-electron chi connectivity index (χ1n) is 9.56. The van der Waals surface area contributed by atoms with Crippen LogP contribution in [-0.4, -0.2) is 56.7 Å². The van der Waals surface area contributed by atoms with Gasteiger partial charge in [0.05, 0.1) is 11.2 Å². The van der Waals surface area contributed by atoms with E-state index in [0.29, 0.717) is 41.7 Å². The summed E-state index contributed by atoms with van der Waals surface area (Å²) in [6.45, 7) is 1.19. The number of aromatic nitrogens is 4. The van der Waals surface area contributed by atoms with Gasteiger partial charge < -0.3 is 25.7 Å². The first kappa shape index (κ1) is 20.8. The Hall–Kier alpha value is -3.47. The van der Waals surface area contributed by atoms with E-state index in [9.17, 15) is 14.0 Å². The zero-order valence-corrected chi connectivity index (χ0v) is 17.0. The standard InChI is InChI=1S/C19H19ClFN7O3/c20-11-4-12-13(7-25-15(12)24-6-11)16-26-8-14(21)17(27-16)23-5-10-2-1-3-28(9-10)19(30)31-18(22)29/h4,6-8,10H,1-3,5,9H2,(H2,22,29)(H,24,25)(H,23,26,27). The summed E-state index contributed by atoms with van der Waals surface area (Å²) in [6, 6.07) is 1.73. The van der Waals surface area contributed by atoms with Gasteiger partial charge in [-0.3, -0.25) is 0 Å². The number of aromatic amines is 1. The van der Waals surface area contributed by atoms with Crippen LogP contribution in [0.25, 0.3) is 22.4 Å². The van der Waals surface area contributed by atoms with E-state index in [1.54, 1.807) is 12.3 Å². The number of nitrogens with zero attached hydrogens (tertiary/aromatic N) is 4. The Morgan fingerprint density at radius 2 is 2.23 bits per heavy atom. The summed E-state index contributed by atoms with van der Waals surface area (Å²) in [5.74, 6) is -0.218. The lowest BCUT2D eigenvalue weighted by Gasteiger charge is -2.31. The number of nitrogens with one attached hydrogen (secondary N) is 2. The lowest BCUT2D eigenvalue weighted by Crippen LogP contribution is -2.43. The highest BCUT2D eigenvalue weighted by Crippen LogP contribution is 2.28. The monoisotopic (exact) mass is 447 g/mol. The van der Waals surface area contributed by atoms with Gasteiger partial charge >= 0.3 is 12.2 Å². The molecule has 1 aliphatic rings. The van der Waals surface area contributed by atoms with Gasteiger partial charge in [-0.15, -0.1) is 0 Å². The molecule has 1 fully saturated rings. The molecular weight excluding hydrogens is 429 g/mol. The Balaban J connectivity index is 1.47. The summed E-state index contributed by atoms with van der Waals surface area (Å²) in [7, 11) is 0. The van der Waals surface area contributed by atoms with E-state index in [2.05, 4.69) is 30.0 Å². The first-order valence-corrected chi connectivity index (χ1v) is 9.94. The molecule has 0 bridgehead atoms. The number of likely N-dealkylation sites (tertiary alicyclic amines) is 1. The largest absolute Gasteiger partial charge is 0.418 e. The number of pyridine rings is 1. The molecule has 31 heavy (non-hydrogen) atoms. The highest BCUT2D eigenvalue weighted by molar-refractivity contribution is 6.31. The normalized spacial score (nSPS) is 16.3. The van der Waals surface area contributed by atoms with Crippen molar-refractivity contribution in [2.45, 2.75) is 12.8 Å². The summed E-state index contributed by atoms with van der Waals surface area (Å²) in [5.41, 5.74) is 6.15. The number of nitrogens with two attached hydrogens (primary N) is 1. The fraction of sp³-hybridized carbons (Fsp3) is 0.316. The predicted octanol–water partition coefficient (Wildman–Crippen LogP) is 3.15. The molecule has 4 heterocycles. The number of hydrogen-bond donors (Lipinski definition) is 3. The van der Waals surface area contributed by atoms with Crippen molar-refractivity contribution in [3.8, 4) is 11.4 Å². The van der Waals surface area contributed by atoms with Crippen molar-refractivity contribution >= 4 is 40.6 Å². The average molecular weight is 448 g/mol. The second-order valence-electron chi connectivity index (χ2n) is 7.16. The molecule has 4 rings (SSSR count). The molecule has 0 saturated carbocycles. The third kappa shape index (κ3) is 4.66. The minimum atomic E-state index is -1.14. The molecule has 0 radical (unpaired) electrons. The van der Waals surface area contributed by atoms with Gasteiger partial charge in [0.25, 0.3) is 0 Å². The molecule has 4 N–H and O–H groups in total. The summed E-state index contributed by atoms with van der Waals surface area (Å²) < 4.78 is 18.8. The highest BCUT2D eigenvalue weighted by Gasteiger charge is 2.26. The Bertz CT molecular complexity index is 1140. The molecule has 12 heteroatoms. The van der Waals surface area contributed by atoms with Crippen LogP contribution in [0.4, 0.5) is 19.8 Å². The van der Waals surface area contributed by atoms with E-state index in [-0.39, 0.29) is 11.7 Å². The number of piperidine rings is 1.